The molecule has 0 amide bonds. The lowest BCUT2D eigenvalue weighted by atomic mass is 9.62. The minimum atomic E-state index is -2.01. The maximum absolute atomic E-state index is 14.6. The highest BCUT2D eigenvalue weighted by Gasteiger charge is 2.54. The van der Waals surface area contributed by atoms with Crippen molar-refractivity contribution >= 4 is 5.78 Å². The zero-order valence-electron chi connectivity index (χ0n) is 29.3. The normalized spacial score (nSPS) is 26.2. The molecule has 2 aliphatic rings. The quantitative estimate of drug-likeness (QED) is 0.176. The maximum Gasteiger partial charge on any atom is 0.195 e. The summed E-state index contributed by atoms with van der Waals surface area (Å²) >= 11 is 0. The molecule has 0 saturated carbocycles. The first-order chi connectivity index (χ1) is 22.7. The molecule has 0 aliphatic heterocycles. The Hall–Kier alpha value is -3.17. The number of rotatable bonds is 16. The third kappa shape index (κ3) is 7.99. The van der Waals surface area contributed by atoms with E-state index in [1.807, 2.05) is 97.1 Å². The third-order valence-corrected chi connectivity index (χ3v) is 9.86. The Morgan fingerprint density at radius 1 is 0.667 bits per heavy atom. The van der Waals surface area contributed by atoms with Gasteiger partial charge < -0.3 is 29.9 Å². The molecule has 0 fully saturated rings. The Bertz CT molecular complexity index is 1370. The zero-order valence-corrected chi connectivity index (χ0v) is 29.3. The van der Waals surface area contributed by atoms with Gasteiger partial charge in [0.05, 0.1) is 38.6 Å². The van der Waals surface area contributed by atoms with Gasteiger partial charge in [-0.2, -0.15) is 0 Å². The predicted octanol–water partition coefficient (Wildman–Crippen LogP) is 5.97. The first-order valence-corrected chi connectivity index (χ1v) is 17.1. The van der Waals surface area contributed by atoms with Gasteiger partial charge in [-0.3, -0.25) is 4.79 Å². The van der Waals surface area contributed by atoms with Gasteiger partial charge in [0.2, 0.25) is 0 Å². The molecule has 0 aromatic heterocycles. The maximum atomic E-state index is 14.6. The Balaban J connectivity index is 1.75. The van der Waals surface area contributed by atoms with Crippen molar-refractivity contribution in [2.75, 3.05) is 26.4 Å². The van der Waals surface area contributed by atoms with Crippen LogP contribution in [0.3, 0.4) is 0 Å². The van der Waals surface area contributed by atoms with Crippen LogP contribution in [-0.2, 0) is 25.1 Å². The number of carbonyl (C=O) groups excluding carboxylic acids is 1. The van der Waals surface area contributed by atoms with Crippen LogP contribution in [0.1, 0.15) is 88.5 Å². The van der Waals surface area contributed by atoms with Gasteiger partial charge in [0.1, 0.15) is 11.2 Å². The van der Waals surface area contributed by atoms with E-state index in [0.29, 0.717) is 11.8 Å². The molecule has 48 heavy (non-hydrogen) atoms. The van der Waals surface area contributed by atoms with E-state index in [9.17, 15) is 25.2 Å². The molecule has 0 radical (unpaired) electrons. The smallest absolute Gasteiger partial charge is 0.195 e. The highest BCUT2D eigenvalue weighted by atomic mass is 16.5. The van der Waals surface area contributed by atoms with Gasteiger partial charge in [-0.25, -0.2) is 0 Å². The van der Waals surface area contributed by atoms with Crippen LogP contribution < -0.4 is 0 Å². The summed E-state index contributed by atoms with van der Waals surface area (Å²) in [7, 11) is 0. The summed E-state index contributed by atoms with van der Waals surface area (Å²) < 4.78 is 12.3. The van der Waals surface area contributed by atoms with Gasteiger partial charge in [-0.1, -0.05) is 125 Å². The third-order valence-electron chi connectivity index (χ3n) is 9.86. The summed E-state index contributed by atoms with van der Waals surface area (Å²) in [5.41, 5.74) is -1.95. The molecule has 2 aliphatic carbocycles. The minimum absolute atomic E-state index is 0.0790. The van der Waals surface area contributed by atoms with Crippen molar-refractivity contribution in [1.82, 2.24) is 0 Å². The van der Waals surface area contributed by atoms with Crippen molar-refractivity contribution in [3.8, 4) is 0 Å². The van der Waals surface area contributed by atoms with Crippen molar-refractivity contribution < 1.29 is 34.7 Å². The van der Waals surface area contributed by atoms with Crippen molar-refractivity contribution in [3.63, 3.8) is 0 Å². The van der Waals surface area contributed by atoms with Crippen LogP contribution >= 0.6 is 0 Å². The second-order valence-corrected chi connectivity index (χ2v) is 14.4. The Kier molecular flexibility index (Phi) is 12.2. The van der Waals surface area contributed by atoms with E-state index >= 15 is 0 Å². The van der Waals surface area contributed by atoms with Crippen LogP contribution in [0.15, 0.2) is 97.1 Å². The van der Waals surface area contributed by atoms with E-state index in [2.05, 4.69) is 27.7 Å². The lowest BCUT2D eigenvalue weighted by molar-refractivity contribution is -0.159. The SMILES string of the molecule is CC(C)c1ccc(C2(CC(C)(O)C(=O)C(C)(O)CC3(c4ccc(C(C)C)cc4)C=CC=CC3OCCO)C=CC=CC2OCCO)cc1. The van der Waals surface area contributed by atoms with Gasteiger partial charge in [0.15, 0.2) is 5.78 Å². The number of carbonyl (C=O) groups is 1. The van der Waals surface area contributed by atoms with Crippen LogP contribution in [0.5, 0.6) is 0 Å². The fourth-order valence-corrected chi connectivity index (χ4v) is 7.37. The number of benzene rings is 2. The summed E-state index contributed by atoms with van der Waals surface area (Å²) in [6, 6.07) is 16.2. The molecule has 4 N–H and O–H groups in total. The molecular formula is C41H54O7. The fourth-order valence-electron chi connectivity index (χ4n) is 7.37. The van der Waals surface area contributed by atoms with Gasteiger partial charge in [0, 0.05) is 10.8 Å². The van der Waals surface area contributed by atoms with Crippen molar-refractivity contribution in [3.05, 3.63) is 119 Å². The average Bonchev–Trinajstić information content (AvgIpc) is 3.06. The van der Waals surface area contributed by atoms with E-state index < -0.39 is 40.0 Å². The van der Waals surface area contributed by atoms with Gasteiger partial charge in [-0.15, -0.1) is 0 Å². The largest absolute Gasteiger partial charge is 0.394 e. The van der Waals surface area contributed by atoms with Crippen molar-refractivity contribution in [1.29, 1.82) is 0 Å². The summed E-state index contributed by atoms with van der Waals surface area (Å²) in [5, 5.41) is 43.6. The van der Waals surface area contributed by atoms with Crippen LogP contribution in [0.2, 0.25) is 0 Å². The van der Waals surface area contributed by atoms with Gasteiger partial charge in [0.25, 0.3) is 0 Å². The first-order valence-electron chi connectivity index (χ1n) is 17.1. The van der Waals surface area contributed by atoms with E-state index in [-0.39, 0.29) is 39.3 Å². The summed E-state index contributed by atoms with van der Waals surface area (Å²) in [4.78, 5) is 14.6. The molecular weight excluding hydrogens is 604 g/mol. The number of ether oxygens (including phenoxy) is 2. The van der Waals surface area contributed by atoms with Crippen molar-refractivity contribution in [2.45, 2.75) is 100 Å². The number of hydrogen-bond donors (Lipinski definition) is 4. The number of Topliss-reactive ketones (excluding diaryl/α,β-unsaturated/α-hetero) is 1. The number of allylic oxidation sites excluding steroid dienone is 4. The van der Waals surface area contributed by atoms with Crippen LogP contribution in [0.4, 0.5) is 0 Å². The summed E-state index contributed by atoms with van der Waals surface area (Å²) in [5.74, 6) is -0.0828. The molecule has 6 unspecified atom stereocenters. The molecule has 6 atom stereocenters. The molecule has 7 heteroatoms. The second kappa shape index (κ2) is 15.6. The predicted molar refractivity (Wildman–Crippen MR) is 190 cm³/mol. The number of hydrogen-bond acceptors (Lipinski definition) is 7. The summed E-state index contributed by atoms with van der Waals surface area (Å²) in [6.45, 7) is 11.2. The lowest BCUT2D eigenvalue weighted by Gasteiger charge is -2.46. The van der Waals surface area contributed by atoms with Crippen LogP contribution in [0.25, 0.3) is 0 Å². The number of aliphatic hydroxyl groups excluding tert-OH is 2. The molecule has 2 aromatic carbocycles. The average molecular weight is 659 g/mol. The fraction of sp³-hybridized carbons (Fsp3) is 0.488. The van der Waals surface area contributed by atoms with Gasteiger partial charge in [-0.05, 0) is 60.8 Å². The molecule has 260 valence electrons. The molecule has 4 rings (SSSR count). The first kappa shape index (κ1) is 37.6. The van der Waals surface area contributed by atoms with Crippen LogP contribution in [0, 0.1) is 0 Å². The van der Waals surface area contributed by atoms with Crippen LogP contribution in [-0.4, -0.2) is 76.0 Å². The molecule has 0 bridgehead atoms. The molecule has 0 heterocycles. The number of aliphatic hydroxyl groups is 4. The van der Waals surface area contributed by atoms with E-state index in [4.69, 9.17) is 9.47 Å². The molecule has 0 spiro atoms. The summed E-state index contributed by atoms with van der Waals surface area (Å²) in [6.07, 6.45) is 13.8. The molecule has 2 aromatic rings. The standard InChI is InChI=1S/C41H54O7/c1-29(2)31-13-17-33(18-14-31)40(21-9-7-11-35(40)47-25-23-42)27-38(5,45)37(44)39(6,46)28-41(22-10-8-12-36(41)48-26-24-43)34-19-15-32(16-20-34)30(3)4/h7-22,29-30,35-36,42-43,45-46H,23-28H2,1-6H3. The topological polar surface area (TPSA) is 116 Å². The second-order valence-electron chi connectivity index (χ2n) is 14.4. The Morgan fingerprint density at radius 3 is 1.33 bits per heavy atom. The van der Waals surface area contributed by atoms with Gasteiger partial charge >= 0.3 is 0 Å². The Labute approximate surface area is 286 Å². The monoisotopic (exact) mass is 658 g/mol. The number of ketones is 1. The zero-order chi connectivity index (χ0) is 35.2. The Morgan fingerprint density at radius 2 is 1.02 bits per heavy atom. The molecule has 7 nitrogen and oxygen atoms in total. The van der Waals surface area contributed by atoms with Crippen molar-refractivity contribution in [2.24, 2.45) is 0 Å². The van der Waals surface area contributed by atoms with E-state index in [0.717, 1.165) is 22.3 Å². The van der Waals surface area contributed by atoms with E-state index in [1.165, 1.54) is 13.8 Å². The highest BCUT2D eigenvalue weighted by molar-refractivity contribution is 5.94. The lowest BCUT2D eigenvalue weighted by Crippen LogP contribution is -2.58. The highest BCUT2D eigenvalue weighted by Crippen LogP contribution is 2.46. The minimum Gasteiger partial charge on any atom is -0.394 e. The van der Waals surface area contributed by atoms with E-state index in [1.54, 1.807) is 0 Å². The molecule has 0 saturated heterocycles.